The fraction of sp³-hybridized carbons (Fsp3) is 0.294. The first-order chi connectivity index (χ1) is 16.8. The first-order valence-electron chi connectivity index (χ1n) is 13.0. The number of rotatable bonds is 5. The molecule has 0 saturated carbocycles. The number of hydrogen-bond donors (Lipinski definition) is 0. The molecule has 1 unspecified atom stereocenters. The van der Waals surface area contributed by atoms with Gasteiger partial charge in [0.15, 0.2) is 0 Å². The topological polar surface area (TPSA) is 0 Å². The fourth-order valence-electron chi connectivity index (χ4n) is 6.20. The smallest absolute Gasteiger partial charge is 0.0620 e. The monoisotopic (exact) mass is 477 g/mol. The first-order valence-corrected chi connectivity index (χ1v) is 14.8. The van der Waals surface area contributed by atoms with Gasteiger partial charge in [-0.15, -0.1) is 0 Å². The number of benzene rings is 4. The maximum absolute atomic E-state index is 2.57. The molecule has 0 aliphatic heterocycles. The molecule has 4 aromatic carbocycles. The van der Waals surface area contributed by atoms with Crippen molar-refractivity contribution in [3.05, 3.63) is 126 Å². The molecule has 0 fully saturated rings. The third-order valence-electron chi connectivity index (χ3n) is 8.43. The van der Waals surface area contributed by atoms with Crippen molar-refractivity contribution in [1.29, 1.82) is 0 Å². The van der Waals surface area contributed by atoms with Gasteiger partial charge in [0.2, 0.25) is 0 Å². The van der Waals surface area contributed by atoms with Gasteiger partial charge >= 0.3 is 0 Å². The Labute approximate surface area is 212 Å². The van der Waals surface area contributed by atoms with Crippen LogP contribution in [0.3, 0.4) is 0 Å². The zero-order valence-corrected chi connectivity index (χ0v) is 22.7. The van der Waals surface area contributed by atoms with Crippen LogP contribution < -0.4 is 15.9 Å². The van der Waals surface area contributed by atoms with Gasteiger partial charge in [0.1, 0.15) is 28.8 Å². The van der Waals surface area contributed by atoms with Crippen LogP contribution in [-0.4, -0.2) is 0 Å². The third-order valence-corrected chi connectivity index (χ3v) is 13.2. The molecule has 0 N–H and O–H groups in total. The molecule has 4 aromatic rings. The van der Waals surface area contributed by atoms with E-state index >= 15 is 0 Å². The average Bonchev–Trinajstić information content (AvgIpc) is 2.89. The summed E-state index contributed by atoms with van der Waals surface area (Å²) in [6, 6.07) is 41.3. The standard InChI is InChI=1S/C34H38P/c1-26(27-21-22-31-32(25-27)34(4,5)24-23-33(31,2)3)35(28-15-9-6-10-16-28,29-17-11-7-12-18-29)30-19-13-8-14-20-30/h6-22,25-26H,23-24H2,1-5H3/q+1. The van der Waals surface area contributed by atoms with Gasteiger partial charge in [-0.05, 0) is 83.7 Å². The Kier molecular flexibility index (Phi) is 6.23. The molecule has 1 aliphatic carbocycles. The van der Waals surface area contributed by atoms with Crippen LogP contribution >= 0.6 is 7.26 Å². The summed E-state index contributed by atoms with van der Waals surface area (Å²) < 4.78 is 0. The van der Waals surface area contributed by atoms with Gasteiger partial charge in [0.05, 0.1) is 0 Å². The molecular formula is C34H38P+. The molecule has 1 aliphatic rings. The van der Waals surface area contributed by atoms with Gasteiger partial charge in [0, 0.05) is 0 Å². The minimum absolute atomic E-state index is 0.202. The molecule has 0 amide bonds. The van der Waals surface area contributed by atoms with E-state index in [0.717, 1.165) is 0 Å². The minimum atomic E-state index is -1.98. The lowest BCUT2D eigenvalue weighted by atomic mass is 9.63. The Hall–Kier alpha value is -2.69. The van der Waals surface area contributed by atoms with Gasteiger partial charge in [-0.1, -0.05) is 100 Å². The summed E-state index contributed by atoms with van der Waals surface area (Å²) in [6.45, 7) is 12.2. The fourth-order valence-corrected chi connectivity index (χ4v) is 11.0. The predicted molar refractivity (Wildman–Crippen MR) is 155 cm³/mol. The second-order valence-electron chi connectivity index (χ2n) is 11.5. The van der Waals surface area contributed by atoms with E-state index in [2.05, 4.69) is 144 Å². The Morgan fingerprint density at radius 3 is 1.37 bits per heavy atom. The molecule has 0 radical (unpaired) electrons. The maximum atomic E-state index is 2.57. The second-order valence-corrected chi connectivity index (χ2v) is 15.2. The highest BCUT2D eigenvalue weighted by Gasteiger charge is 2.51. The van der Waals surface area contributed by atoms with E-state index in [4.69, 9.17) is 0 Å². The zero-order valence-electron chi connectivity index (χ0n) is 21.8. The Morgan fingerprint density at radius 1 is 0.543 bits per heavy atom. The van der Waals surface area contributed by atoms with Crippen LogP contribution in [0.5, 0.6) is 0 Å². The molecule has 0 bridgehead atoms. The van der Waals surface area contributed by atoms with Gasteiger partial charge < -0.3 is 0 Å². The van der Waals surface area contributed by atoms with Crippen LogP contribution in [0.25, 0.3) is 0 Å². The number of fused-ring (bicyclic) bond motifs is 1. The predicted octanol–water partition coefficient (Wildman–Crippen LogP) is 8.09. The summed E-state index contributed by atoms with van der Waals surface area (Å²) in [5.41, 5.74) is 5.32. The highest BCUT2D eigenvalue weighted by molar-refractivity contribution is 7.95. The first kappa shape index (κ1) is 24.0. The lowest BCUT2D eigenvalue weighted by Crippen LogP contribution is -2.36. The van der Waals surface area contributed by atoms with Crippen molar-refractivity contribution < 1.29 is 0 Å². The zero-order chi connectivity index (χ0) is 24.7. The molecule has 0 saturated heterocycles. The molecular weight excluding hydrogens is 439 g/mol. The molecule has 0 aromatic heterocycles. The maximum Gasteiger partial charge on any atom is 0.119 e. The van der Waals surface area contributed by atoms with Crippen molar-refractivity contribution >= 4 is 23.2 Å². The lowest BCUT2D eigenvalue weighted by Gasteiger charge is -2.42. The normalized spacial score (nSPS) is 17.4. The van der Waals surface area contributed by atoms with Crippen LogP contribution in [0.1, 0.15) is 69.8 Å². The molecule has 178 valence electrons. The van der Waals surface area contributed by atoms with Crippen molar-refractivity contribution in [2.75, 3.05) is 0 Å². The third kappa shape index (κ3) is 4.07. The summed E-state index contributed by atoms with van der Waals surface area (Å²) >= 11 is 0. The summed E-state index contributed by atoms with van der Waals surface area (Å²) in [4.78, 5) is 0. The van der Waals surface area contributed by atoms with E-state index in [9.17, 15) is 0 Å². The lowest BCUT2D eigenvalue weighted by molar-refractivity contribution is 0.331. The van der Waals surface area contributed by atoms with Gasteiger partial charge in [-0.3, -0.25) is 0 Å². The average molecular weight is 478 g/mol. The molecule has 1 atom stereocenters. The quantitative estimate of drug-likeness (QED) is 0.255. The van der Waals surface area contributed by atoms with Crippen LogP contribution in [0.15, 0.2) is 109 Å². The van der Waals surface area contributed by atoms with E-state index in [1.807, 2.05) is 0 Å². The van der Waals surface area contributed by atoms with Crippen LogP contribution in [0.2, 0.25) is 0 Å². The van der Waals surface area contributed by atoms with Crippen molar-refractivity contribution in [3.8, 4) is 0 Å². The molecule has 0 spiro atoms. The van der Waals surface area contributed by atoms with E-state index in [1.165, 1.54) is 39.9 Å². The van der Waals surface area contributed by atoms with Crippen LogP contribution in [0.4, 0.5) is 0 Å². The molecule has 1 heteroatoms. The number of hydrogen-bond acceptors (Lipinski definition) is 0. The van der Waals surface area contributed by atoms with E-state index in [0.29, 0.717) is 5.66 Å². The van der Waals surface area contributed by atoms with Gasteiger partial charge in [-0.25, -0.2) is 0 Å². The van der Waals surface area contributed by atoms with Crippen molar-refractivity contribution in [3.63, 3.8) is 0 Å². The molecule has 5 rings (SSSR count). The Bertz CT molecular complexity index is 1190. The molecule has 0 heterocycles. The van der Waals surface area contributed by atoms with Gasteiger partial charge in [-0.2, -0.15) is 0 Å². The summed E-state index contributed by atoms with van der Waals surface area (Å²) in [6.07, 6.45) is 2.48. The van der Waals surface area contributed by atoms with Crippen molar-refractivity contribution in [2.45, 2.75) is 63.9 Å². The van der Waals surface area contributed by atoms with E-state index in [1.54, 1.807) is 5.56 Å². The largest absolute Gasteiger partial charge is 0.119 e. The summed E-state index contributed by atoms with van der Waals surface area (Å²) in [5.74, 6) is 0. The highest BCUT2D eigenvalue weighted by Crippen LogP contribution is 2.66. The SMILES string of the molecule is CC(c1ccc2c(c1)C(C)(C)CCC2(C)C)[P+](c1ccccc1)(c1ccccc1)c1ccccc1. The molecule has 35 heavy (non-hydrogen) atoms. The second kappa shape index (κ2) is 9.07. The Morgan fingerprint density at radius 2 is 0.943 bits per heavy atom. The van der Waals surface area contributed by atoms with Gasteiger partial charge in [0.25, 0.3) is 0 Å². The van der Waals surface area contributed by atoms with Crippen molar-refractivity contribution in [1.82, 2.24) is 0 Å². The Balaban J connectivity index is 1.79. The van der Waals surface area contributed by atoms with Crippen LogP contribution in [0, 0.1) is 0 Å². The van der Waals surface area contributed by atoms with E-state index < -0.39 is 7.26 Å². The minimum Gasteiger partial charge on any atom is -0.0620 e. The summed E-state index contributed by atoms with van der Waals surface area (Å²) in [7, 11) is -1.98. The molecule has 0 nitrogen and oxygen atoms in total. The summed E-state index contributed by atoms with van der Waals surface area (Å²) in [5, 5.41) is 4.34. The van der Waals surface area contributed by atoms with E-state index in [-0.39, 0.29) is 10.8 Å². The van der Waals surface area contributed by atoms with Crippen LogP contribution in [-0.2, 0) is 10.8 Å². The van der Waals surface area contributed by atoms with Crippen molar-refractivity contribution in [2.24, 2.45) is 0 Å². The highest BCUT2D eigenvalue weighted by atomic mass is 31.2.